The van der Waals surface area contributed by atoms with Gasteiger partial charge in [-0.3, -0.25) is 15.0 Å². The van der Waals surface area contributed by atoms with Gasteiger partial charge in [-0.25, -0.2) is 14.6 Å². The molecule has 1 aromatic heterocycles. The summed E-state index contributed by atoms with van der Waals surface area (Å²) in [6.07, 6.45) is 2.39. The molecule has 3 heterocycles. The number of rotatable bonds is 4. The first-order valence-corrected chi connectivity index (χ1v) is 11.6. The van der Waals surface area contributed by atoms with Crippen molar-refractivity contribution in [3.05, 3.63) is 39.3 Å². The van der Waals surface area contributed by atoms with E-state index in [9.17, 15) is 14.4 Å². The summed E-state index contributed by atoms with van der Waals surface area (Å²) in [4.78, 5) is 44.5. The van der Waals surface area contributed by atoms with E-state index in [0.29, 0.717) is 40.5 Å². The summed E-state index contributed by atoms with van der Waals surface area (Å²) >= 11 is 13.4. The normalized spacial score (nSPS) is 19.2. The summed E-state index contributed by atoms with van der Waals surface area (Å²) in [5.41, 5.74) is 1.28. The number of amides is 5. The van der Waals surface area contributed by atoms with Gasteiger partial charge in [0, 0.05) is 55.8 Å². The predicted molar refractivity (Wildman–Crippen MR) is 125 cm³/mol. The number of benzene rings is 1. The molecule has 170 valence electrons. The van der Waals surface area contributed by atoms with E-state index < -0.39 is 5.41 Å². The lowest BCUT2D eigenvalue weighted by molar-refractivity contribution is -0.120. The van der Waals surface area contributed by atoms with E-state index >= 15 is 0 Å². The number of thiazole rings is 1. The third-order valence-electron chi connectivity index (χ3n) is 5.77. The average molecular weight is 497 g/mol. The highest BCUT2D eigenvalue weighted by Crippen LogP contribution is 2.47. The van der Waals surface area contributed by atoms with Gasteiger partial charge in [-0.2, -0.15) is 0 Å². The lowest BCUT2D eigenvalue weighted by atomic mass is 9.81. The van der Waals surface area contributed by atoms with Crippen molar-refractivity contribution in [1.29, 1.82) is 0 Å². The lowest BCUT2D eigenvalue weighted by Crippen LogP contribution is -2.44. The fourth-order valence-corrected chi connectivity index (χ4v) is 5.18. The van der Waals surface area contributed by atoms with E-state index in [2.05, 4.69) is 20.9 Å². The molecule has 0 radical (unpaired) electrons. The van der Waals surface area contributed by atoms with E-state index in [4.69, 9.17) is 23.2 Å². The van der Waals surface area contributed by atoms with Crippen LogP contribution in [0.3, 0.4) is 0 Å². The Kier molecular flexibility index (Phi) is 6.45. The lowest BCUT2D eigenvalue weighted by Gasteiger charge is -2.26. The van der Waals surface area contributed by atoms with Gasteiger partial charge in [-0.15, -0.1) is 0 Å². The zero-order valence-corrected chi connectivity index (χ0v) is 19.6. The third kappa shape index (κ3) is 4.48. The molecule has 1 atom stereocenters. The maximum absolute atomic E-state index is 13.0. The fraction of sp³-hybridized carbons (Fsp3) is 0.400. The molecule has 5 amide bonds. The maximum atomic E-state index is 13.0. The van der Waals surface area contributed by atoms with Crippen LogP contribution >= 0.6 is 34.5 Å². The molecule has 0 saturated carbocycles. The second-order valence-electron chi connectivity index (χ2n) is 7.75. The van der Waals surface area contributed by atoms with Crippen molar-refractivity contribution in [2.24, 2.45) is 0 Å². The number of carbonyl (C=O) groups excluding carboxylic acids is 3. The highest BCUT2D eigenvalue weighted by Gasteiger charge is 2.50. The highest BCUT2D eigenvalue weighted by molar-refractivity contribution is 7.19. The second kappa shape index (κ2) is 9.13. The number of fused-ring (bicyclic) bond motifs is 2. The monoisotopic (exact) mass is 496 g/mol. The van der Waals surface area contributed by atoms with Crippen LogP contribution in [0.2, 0.25) is 9.36 Å². The van der Waals surface area contributed by atoms with Gasteiger partial charge in [-0.05, 0) is 30.2 Å². The summed E-state index contributed by atoms with van der Waals surface area (Å²) in [5, 5.41) is 9.10. The van der Waals surface area contributed by atoms with E-state index in [1.807, 2.05) is 12.1 Å². The Hall–Kier alpha value is -2.56. The van der Waals surface area contributed by atoms with Gasteiger partial charge in [0.2, 0.25) is 5.91 Å². The van der Waals surface area contributed by atoms with Crippen LogP contribution in [-0.2, 0) is 10.2 Å². The summed E-state index contributed by atoms with van der Waals surface area (Å²) < 4.78 is 0.485. The molecule has 0 aliphatic carbocycles. The van der Waals surface area contributed by atoms with Gasteiger partial charge in [-0.1, -0.05) is 34.5 Å². The molecule has 2 aliphatic rings. The van der Waals surface area contributed by atoms with E-state index in [-0.39, 0.29) is 30.9 Å². The molecule has 1 fully saturated rings. The van der Waals surface area contributed by atoms with Crippen molar-refractivity contribution in [2.75, 3.05) is 43.4 Å². The standard InChI is InChI=1S/C20H22Cl2N6O3S/c1-23-16(29)4-6-24-18(30)27-7-5-20(10-27)11-28(14-3-2-12(21)8-13(14)20)19(31)26-17-25-9-15(22)32-17/h2-3,8-9H,4-7,10-11H2,1H3,(H,23,29)(H,24,30)(H,25,26,31). The van der Waals surface area contributed by atoms with Gasteiger partial charge >= 0.3 is 12.1 Å². The van der Waals surface area contributed by atoms with Crippen molar-refractivity contribution in [3.8, 4) is 0 Å². The molecular formula is C20H22Cl2N6O3S. The first kappa shape index (κ1) is 22.6. The Morgan fingerprint density at radius 1 is 1.22 bits per heavy atom. The first-order chi connectivity index (χ1) is 15.3. The third-order valence-corrected chi connectivity index (χ3v) is 7.03. The van der Waals surface area contributed by atoms with Crippen LogP contribution < -0.4 is 20.9 Å². The number of likely N-dealkylation sites (tertiary alicyclic amines) is 1. The largest absolute Gasteiger partial charge is 0.359 e. The molecule has 2 aromatic rings. The van der Waals surface area contributed by atoms with Crippen LogP contribution in [0.5, 0.6) is 0 Å². The number of hydrogen-bond acceptors (Lipinski definition) is 5. The molecule has 4 rings (SSSR count). The number of halogens is 2. The number of anilines is 2. The van der Waals surface area contributed by atoms with Crippen LogP contribution in [0.4, 0.5) is 20.4 Å². The Balaban J connectivity index is 1.50. The van der Waals surface area contributed by atoms with Crippen LogP contribution in [0.1, 0.15) is 18.4 Å². The number of urea groups is 2. The number of aromatic nitrogens is 1. The van der Waals surface area contributed by atoms with Gasteiger partial charge < -0.3 is 15.5 Å². The molecule has 1 aromatic carbocycles. The summed E-state index contributed by atoms with van der Waals surface area (Å²) in [5.74, 6) is -0.134. The van der Waals surface area contributed by atoms with E-state index in [1.54, 1.807) is 22.9 Å². The van der Waals surface area contributed by atoms with Gasteiger partial charge in [0.25, 0.3) is 0 Å². The van der Waals surface area contributed by atoms with Gasteiger partial charge in [0.15, 0.2) is 5.13 Å². The summed E-state index contributed by atoms with van der Waals surface area (Å²) in [7, 11) is 1.56. The van der Waals surface area contributed by atoms with Crippen LogP contribution in [0.15, 0.2) is 24.4 Å². The summed E-state index contributed by atoms with van der Waals surface area (Å²) in [6, 6.07) is 4.90. The molecule has 1 spiro atoms. The van der Waals surface area contributed by atoms with E-state index in [1.165, 1.54) is 17.5 Å². The number of nitrogens with zero attached hydrogens (tertiary/aromatic N) is 3. The van der Waals surface area contributed by atoms with Gasteiger partial charge in [0.05, 0.1) is 6.20 Å². The zero-order valence-electron chi connectivity index (χ0n) is 17.3. The zero-order chi connectivity index (χ0) is 22.9. The molecule has 1 unspecified atom stereocenters. The minimum absolute atomic E-state index is 0.134. The van der Waals surface area contributed by atoms with E-state index in [0.717, 1.165) is 11.3 Å². The minimum Gasteiger partial charge on any atom is -0.359 e. The molecule has 2 aliphatic heterocycles. The number of hydrogen-bond donors (Lipinski definition) is 3. The van der Waals surface area contributed by atoms with Crippen molar-refractivity contribution < 1.29 is 14.4 Å². The van der Waals surface area contributed by atoms with Crippen LogP contribution in [-0.4, -0.2) is 61.1 Å². The number of nitrogens with one attached hydrogen (secondary N) is 3. The Morgan fingerprint density at radius 2 is 2.03 bits per heavy atom. The van der Waals surface area contributed by atoms with Crippen molar-refractivity contribution in [2.45, 2.75) is 18.3 Å². The predicted octanol–water partition coefficient (Wildman–Crippen LogP) is 3.29. The quantitative estimate of drug-likeness (QED) is 0.603. The highest BCUT2D eigenvalue weighted by atomic mass is 35.5. The van der Waals surface area contributed by atoms with Crippen molar-refractivity contribution >= 4 is 63.3 Å². The molecule has 1 saturated heterocycles. The Labute approximate surface area is 199 Å². The average Bonchev–Trinajstić information content (AvgIpc) is 3.46. The van der Waals surface area contributed by atoms with Crippen LogP contribution in [0, 0.1) is 0 Å². The second-order valence-corrected chi connectivity index (χ2v) is 9.85. The Morgan fingerprint density at radius 3 is 2.75 bits per heavy atom. The van der Waals surface area contributed by atoms with Gasteiger partial charge in [0.1, 0.15) is 4.34 Å². The number of carbonyl (C=O) groups is 3. The smallest absolute Gasteiger partial charge is 0.328 e. The maximum Gasteiger partial charge on any atom is 0.328 e. The Bertz CT molecular complexity index is 1060. The van der Waals surface area contributed by atoms with Crippen molar-refractivity contribution in [3.63, 3.8) is 0 Å². The molecule has 12 heteroatoms. The molecule has 32 heavy (non-hydrogen) atoms. The topological polar surface area (TPSA) is 107 Å². The molecule has 3 N–H and O–H groups in total. The minimum atomic E-state index is -0.420. The SMILES string of the molecule is CNC(=O)CCNC(=O)N1CCC2(C1)CN(C(=O)Nc1ncc(Cl)s1)c1ccc(Cl)cc12. The molecule has 0 bridgehead atoms. The van der Waals surface area contributed by atoms with Crippen molar-refractivity contribution in [1.82, 2.24) is 20.5 Å². The summed E-state index contributed by atoms with van der Waals surface area (Å²) in [6.45, 7) is 1.65. The van der Waals surface area contributed by atoms with Crippen LogP contribution in [0.25, 0.3) is 0 Å². The first-order valence-electron chi connectivity index (χ1n) is 10.0. The molecule has 9 nitrogen and oxygen atoms in total. The fourth-order valence-electron chi connectivity index (χ4n) is 4.21. The molecular weight excluding hydrogens is 475 g/mol.